The van der Waals surface area contributed by atoms with E-state index in [1.165, 1.54) is 71.7 Å². The molecule has 0 saturated heterocycles. The van der Waals surface area contributed by atoms with E-state index >= 15 is 0 Å². The summed E-state index contributed by atoms with van der Waals surface area (Å²) in [5.74, 6) is 0. The fourth-order valence-corrected chi connectivity index (χ4v) is 7.55. The molecule has 0 bridgehead atoms. The first kappa shape index (κ1) is 32.9. The number of fused-ring (bicyclic) bond motifs is 2. The predicted octanol–water partition coefficient (Wildman–Crippen LogP) is 14.6. The third-order valence-electron chi connectivity index (χ3n) is 10.3. The summed E-state index contributed by atoms with van der Waals surface area (Å²) in [4.78, 5) is 2.35. The maximum absolute atomic E-state index is 2.36. The van der Waals surface area contributed by atoms with Crippen LogP contribution in [-0.4, -0.2) is 0 Å². The molecule has 9 aromatic rings. The van der Waals surface area contributed by atoms with Crippen molar-refractivity contribution in [2.45, 2.75) is 6.42 Å². The van der Waals surface area contributed by atoms with Crippen LogP contribution in [0.2, 0.25) is 0 Å². The molecule has 9 rings (SSSR count). The molecular weight excluding hydrogens is 651 g/mol. The third-order valence-corrected chi connectivity index (χ3v) is 10.3. The van der Waals surface area contributed by atoms with Crippen molar-refractivity contribution in [3.05, 3.63) is 235 Å². The van der Waals surface area contributed by atoms with E-state index in [2.05, 4.69) is 229 Å². The summed E-state index contributed by atoms with van der Waals surface area (Å²) in [6.45, 7) is 0. The van der Waals surface area contributed by atoms with Gasteiger partial charge in [0.25, 0.3) is 0 Å². The molecule has 1 heteroatoms. The highest BCUT2D eigenvalue weighted by Gasteiger charge is 2.15. The van der Waals surface area contributed by atoms with Gasteiger partial charge >= 0.3 is 0 Å². The zero-order valence-corrected chi connectivity index (χ0v) is 30.0. The summed E-state index contributed by atoms with van der Waals surface area (Å²) in [6.07, 6.45) is 3.21. The average Bonchev–Trinajstić information content (AvgIpc) is 3.25. The van der Waals surface area contributed by atoms with Crippen LogP contribution in [0.3, 0.4) is 0 Å². The molecule has 0 heterocycles. The summed E-state index contributed by atoms with van der Waals surface area (Å²) >= 11 is 0. The molecule has 0 saturated carbocycles. The largest absolute Gasteiger partial charge is 0.310 e. The van der Waals surface area contributed by atoms with Gasteiger partial charge in [-0.1, -0.05) is 194 Å². The number of hydrogen-bond donors (Lipinski definition) is 0. The van der Waals surface area contributed by atoms with Gasteiger partial charge in [0.15, 0.2) is 0 Å². The minimum Gasteiger partial charge on any atom is -0.310 e. The van der Waals surface area contributed by atoms with Gasteiger partial charge in [-0.2, -0.15) is 0 Å². The Hall–Kier alpha value is -6.96. The summed E-state index contributed by atoms with van der Waals surface area (Å²) in [5, 5.41) is 4.99. The van der Waals surface area contributed by atoms with Crippen molar-refractivity contribution in [1.29, 1.82) is 0 Å². The summed E-state index contributed by atoms with van der Waals surface area (Å²) in [6, 6.07) is 78.6. The standard InChI is InChI=1S/C53H39N/c1-3-13-40(14-4-1)48(38-47-19-11-17-45-15-7-9-22-51(45)47)37-39-25-27-41(28-26-39)42-29-31-43(32-30-42)44-33-35-50(36-34-44)54(49-20-5-2-6-21-49)53-24-12-18-46-16-8-10-23-52(46)53/h1-36,38H,37H2/b48-38-. The molecule has 9 aromatic carbocycles. The Morgan fingerprint density at radius 2 is 0.833 bits per heavy atom. The smallest absolute Gasteiger partial charge is 0.0540 e. The maximum Gasteiger partial charge on any atom is 0.0540 e. The second-order valence-electron chi connectivity index (χ2n) is 13.8. The number of para-hydroxylation sites is 1. The highest BCUT2D eigenvalue weighted by molar-refractivity contribution is 5.99. The van der Waals surface area contributed by atoms with E-state index in [-0.39, 0.29) is 0 Å². The Morgan fingerprint density at radius 3 is 1.48 bits per heavy atom. The Labute approximate surface area is 317 Å². The molecule has 0 aliphatic rings. The zero-order valence-electron chi connectivity index (χ0n) is 30.0. The van der Waals surface area contributed by atoms with E-state index in [1.807, 2.05) is 0 Å². The van der Waals surface area contributed by atoms with Crippen molar-refractivity contribution in [2.24, 2.45) is 0 Å². The van der Waals surface area contributed by atoms with Gasteiger partial charge in [0.05, 0.1) is 5.69 Å². The molecule has 1 nitrogen and oxygen atoms in total. The van der Waals surface area contributed by atoms with Crippen molar-refractivity contribution >= 4 is 50.3 Å². The first-order chi connectivity index (χ1) is 26.8. The van der Waals surface area contributed by atoms with Crippen LogP contribution >= 0.6 is 0 Å². The lowest BCUT2D eigenvalue weighted by Gasteiger charge is -2.27. The lowest BCUT2D eigenvalue weighted by atomic mass is 9.93. The molecule has 0 radical (unpaired) electrons. The molecule has 0 amide bonds. The van der Waals surface area contributed by atoms with Crippen LogP contribution in [0.1, 0.15) is 16.7 Å². The molecule has 0 spiro atoms. The Kier molecular flexibility index (Phi) is 9.11. The fraction of sp³-hybridized carbons (Fsp3) is 0.0189. The molecule has 0 atom stereocenters. The van der Waals surface area contributed by atoms with Gasteiger partial charge < -0.3 is 4.90 Å². The molecule has 256 valence electrons. The van der Waals surface area contributed by atoms with Crippen molar-refractivity contribution in [2.75, 3.05) is 4.90 Å². The van der Waals surface area contributed by atoms with E-state index in [0.29, 0.717) is 0 Å². The van der Waals surface area contributed by atoms with Crippen LogP contribution in [-0.2, 0) is 6.42 Å². The molecule has 0 unspecified atom stereocenters. The van der Waals surface area contributed by atoms with Crippen LogP contribution in [0.15, 0.2) is 218 Å². The lowest BCUT2D eigenvalue weighted by molar-refractivity contribution is 1.29. The lowest BCUT2D eigenvalue weighted by Crippen LogP contribution is -2.10. The number of anilines is 3. The molecule has 0 aliphatic carbocycles. The highest BCUT2D eigenvalue weighted by Crippen LogP contribution is 2.39. The SMILES string of the molecule is C(=C(\Cc1ccc(-c2ccc(-c3ccc(N(c4ccccc4)c4cccc5ccccc45)cc3)cc2)cc1)c1ccccc1)/c1cccc2ccccc12. The number of allylic oxidation sites excluding steroid dienone is 1. The van der Waals surface area contributed by atoms with Gasteiger partial charge in [-0.3, -0.25) is 0 Å². The first-order valence-electron chi connectivity index (χ1n) is 18.6. The molecule has 0 N–H and O–H groups in total. The van der Waals surface area contributed by atoms with Gasteiger partial charge in [0, 0.05) is 16.8 Å². The first-order valence-corrected chi connectivity index (χ1v) is 18.6. The van der Waals surface area contributed by atoms with Crippen molar-refractivity contribution < 1.29 is 0 Å². The minimum atomic E-state index is 0.852. The maximum atomic E-state index is 2.36. The molecule has 54 heavy (non-hydrogen) atoms. The third kappa shape index (κ3) is 6.84. The summed E-state index contributed by atoms with van der Waals surface area (Å²) in [5.41, 5.74) is 13.3. The van der Waals surface area contributed by atoms with E-state index in [1.54, 1.807) is 0 Å². The Balaban J connectivity index is 0.957. The predicted molar refractivity (Wildman–Crippen MR) is 231 cm³/mol. The van der Waals surface area contributed by atoms with Crippen LogP contribution in [0.4, 0.5) is 17.1 Å². The van der Waals surface area contributed by atoms with E-state index in [4.69, 9.17) is 0 Å². The van der Waals surface area contributed by atoms with E-state index in [9.17, 15) is 0 Å². The number of benzene rings is 9. The quantitative estimate of drug-likeness (QED) is 0.136. The van der Waals surface area contributed by atoms with Crippen LogP contribution in [0, 0.1) is 0 Å². The summed E-state index contributed by atoms with van der Waals surface area (Å²) in [7, 11) is 0. The van der Waals surface area contributed by atoms with Crippen molar-refractivity contribution in [3.63, 3.8) is 0 Å². The van der Waals surface area contributed by atoms with Crippen molar-refractivity contribution in [1.82, 2.24) is 0 Å². The van der Waals surface area contributed by atoms with E-state index < -0.39 is 0 Å². The molecule has 0 aliphatic heterocycles. The van der Waals surface area contributed by atoms with Crippen molar-refractivity contribution in [3.8, 4) is 22.3 Å². The van der Waals surface area contributed by atoms with E-state index in [0.717, 1.165) is 17.8 Å². The van der Waals surface area contributed by atoms with Gasteiger partial charge in [-0.05, 0) is 97.4 Å². The topological polar surface area (TPSA) is 3.24 Å². The molecular formula is C53H39N. The fourth-order valence-electron chi connectivity index (χ4n) is 7.55. The normalized spacial score (nSPS) is 11.5. The minimum absolute atomic E-state index is 0.852. The zero-order chi connectivity index (χ0) is 36.1. The van der Waals surface area contributed by atoms with Crippen LogP contribution in [0.5, 0.6) is 0 Å². The Bertz CT molecular complexity index is 2680. The van der Waals surface area contributed by atoms with Gasteiger partial charge in [-0.25, -0.2) is 0 Å². The molecule has 0 fully saturated rings. The number of nitrogens with zero attached hydrogens (tertiary/aromatic N) is 1. The van der Waals surface area contributed by atoms with Crippen LogP contribution < -0.4 is 4.90 Å². The second kappa shape index (κ2) is 14.9. The van der Waals surface area contributed by atoms with Crippen LogP contribution in [0.25, 0.3) is 55.4 Å². The van der Waals surface area contributed by atoms with Gasteiger partial charge in [0.1, 0.15) is 0 Å². The molecule has 0 aromatic heterocycles. The van der Waals surface area contributed by atoms with Gasteiger partial charge in [-0.15, -0.1) is 0 Å². The average molecular weight is 690 g/mol. The monoisotopic (exact) mass is 689 g/mol. The Morgan fingerprint density at radius 1 is 0.370 bits per heavy atom. The van der Waals surface area contributed by atoms with Gasteiger partial charge in [0.2, 0.25) is 0 Å². The summed E-state index contributed by atoms with van der Waals surface area (Å²) < 4.78 is 0. The highest BCUT2D eigenvalue weighted by atomic mass is 15.1. The number of hydrogen-bond acceptors (Lipinski definition) is 1. The number of rotatable bonds is 9. The second-order valence-corrected chi connectivity index (χ2v) is 13.8.